The minimum atomic E-state index is 0.152. The fraction of sp³-hybridized carbons (Fsp3) is 0.318. The molecule has 2 heterocycles. The minimum absolute atomic E-state index is 0.152. The van der Waals surface area contributed by atoms with E-state index in [1.54, 1.807) is 25.6 Å². The number of thiazole rings is 1. The van der Waals surface area contributed by atoms with Crippen molar-refractivity contribution < 1.29 is 9.47 Å². The van der Waals surface area contributed by atoms with E-state index in [-0.39, 0.29) is 6.04 Å². The molecule has 0 unspecified atom stereocenters. The molecule has 2 atom stereocenters. The molecule has 1 aliphatic rings. The molecule has 1 saturated heterocycles. The van der Waals surface area contributed by atoms with Crippen molar-refractivity contribution in [2.24, 2.45) is 5.73 Å². The minimum Gasteiger partial charge on any atom is -0.493 e. The van der Waals surface area contributed by atoms with E-state index in [2.05, 4.69) is 34.5 Å². The van der Waals surface area contributed by atoms with Crippen molar-refractivity contribution in [1.29, 1.82) is 0 Å². The van der Waals surface area contributed by atoms with Crippen LogP contribution >= 0.6 is 11.3 Å². The third kappa shape index (κ3) is 3.76. The molecule has 1 aliphatic heterocycles. The van der Waals surface area contributed by atoms with Crippen LogP contribution in [0, 0.1) is 0 Å². The lowest BCUT2D eigenvalue weighted by atomic mass is 9.95. The molecule has 0 saturated carbocycles. The second-order valence-corrected chi connectivity index (χ2v) is 7.92. The maximum atomic E-state index is 6.43. The summed E-state index contributed by atoms with van der Waals surface area (Å²) in [7, 11) is 3.31. The van der Waals surface area contributed by atoms with E-state index < -0.39 is 0 Å². The van der Waals surface area contributed by atoms with E-state index >= 15 is 0 Å². The number of methoxy groups -OCH3 is 2. The topological polar surface area (TPSA) is 60.6 Å². The van der Waals surface area contributed by atoms with Gasteiger partial charge in [-0.1, -0.05) is 36.4 Å². The maximum Gasteiger partial charge on any atom is 0.170 e. The average molecular weight is 396 g/mol. The summed E-state index contributed by atoms with van der Waals surface area (Å²) < 4.78 is 11.0. The standard InChI is InChI=1S/C22H25N3O2S/c1-26-20-10-6-9-17(21(20)27-2)22-24-16(14-28-22)11-25-12-18(19(23)13-25)15-7-4-3-5-8-15/h3-10,14,18-19H,11-13,23H2,1-2H3/t18-,19+/m0/s1. The van der Waals surface area contributed by atoms with Crippen LogP contribution in [0.15, 0.2) is 53.9 Å². The van der Waals surface area contributed by atoms with Crippen LogP contribution in [0.5, 0.6) is 11.5 Å². The van der Waals surface area contributed by atoms with Crippen LogP contribution in [0.4, 0.5) is 0 Å². The number of likely N-dealkylation sites (tertiary alicyclic amines) is 1. The molecular formula is C22H25N3O2S. The van der Waals surface area contributed by atoms with Gasteiger partial charge in [0.1, 0.15) is 5.01 Å². The van der Waals surface area contributed by atoms with Crippen LogP contribution in [-0.2, 0) is 6.54 Å². The highest BCUT2D eigenvalue weighted by Gasteiger charge is 2.31. The van der Waals surface area contributed by atoms with Gasteiger partial charge in [-0.2, -0.15) is 0 Å². The number of nitrogens with two attached hydrogens (primary N) is 1. The largest absolute Gasteiger partial charge is 0.493 e. The Hall–Kier alpha value is -2.41. The van der Waals surface area contributed by atoms with Crippen molar-refractivity contribution in [3.05, 3.63) is 65.2 Å². The van der Waals surface area contributed by atoms with Crippen molar-refractivity contribution in [2.75, 3.05) is 27.3 Å². The highest BCUT2D eigenvalue weighted by atomic mass is 32.1. The Morgan fingerprint density at radius 3 is 2.64 bits per heavy atom. The molecule has 0 aliphatic carbocycles. The van der Waals surface area contributed by atoms with Gasteiger partial charge in [-0.3, -0.25) is 4.90 Å². The summed E-state index contributed by atoms with van der Waals surface area (Å²) in [5, 5.41) is 3.06. The molecule has 2 aromatic carbocycles. The molecule has 3 aromatic rings. The molecule has 0 spiro atoms. The molecular weight excluding hydrogens is 370 g/mol. The molecule has 0 radical (unpaired) electrons. The molecule has 6 heteroatoms. The molecule has 4 rings (SSSR count). The molecule has 2 N–H and O–H groups in total. The van der Waals surface area contributed by atoms with Crippen LogP contribution in [0.2, 0.25) is 0 Å². The SMILES string of the molecule is COc1cccc(-c2nc(CN3C[C@@H](N)[C@H](c4ccccc4)C3)cs2)c1OC. The summed E-state index contributed by atoms with van der Waals surface area (Å²) in [4.78, 5) is 7.24. The lowest BCUT2D eigenvalue weighted by Gasteiger charge is -2.15. The molecule has 0 amide bonds. The molecule has 146 valence electrons. The quantitative estimate of drug-likeness (QED) is 0.689. The normalized spacial score (nSPS) is 19.7. The van der Waals surface area contributed by atoms with Gasteiger partial charge in [0.2, 0.25) is 0 Å². The number of ether oxygens (including phenoxy) is 2. The Labute approximate surface area is 169 Å². The van der Waals surface area contributed by atoms with E-state index in [0.29, 0.717) is 11.7 Å². The van der Waals surface area contributed by atoms with Crippen molar-refractivity contribution in [3.63, 3.8) is 0 Å². The third-order valence-electron chi connectivity index (χ3n) is 5.24. The Balaban J connectivity index is 1.49. The second-order valence-electron chi connectivity index (χ2n) is 7.06. The highest BCUT2D eigenvalue weighted by Crippen LogP contribution is 2.39. The summed E-state index contributed by atoms with van der Waals surface area (Å²) in [5.41, 5.74) is 9.77. The number of para-hydroxylation sites is 1. The molecule has 1 fully saturated rings. The van der Waals surface area contributed by atoms with Gasteiger partial charge in [0.15, 0.2) is 11.5 Å². The Kier molecular flexibility index (Phi) is 5.62. The van der Waals surface area contributed by atoms with Crippen LogP contribution < -0.4 is 15.2 Å². The van der Waals surface area contributed by atoms with Crippen molar-refractivity contribution in [2.45, 2.75) is 18.5 Å². The summed E-state index contributed by atoms with van der Waals surface area (Å²) in [5.74, 6) is 1.81. The monoisotopic (exact) mass is 395 g/mol. The lowest BCUT2D eigenvalue weighted by Crippen LogP contribution is -2.28. The predicted molar refractivity (Wildman–Crippen MR) is 113 cm³/mol. The number of nitrogens with zero attached hydrogens (tertiary/aromatic N) is 2. The number of aromatic nitrogens is 1. The molecule has 1 aromatic heterocycles. The summed E-state index contributed by atoms with van der Waals surface area (Å²) in [6.07, 6.45) is 0. The molecule has 5 nitrogen and oxygen atoms in total. The fourth-order valence-electron chi connectivity index (χ4n) is 3.88. The van der Waals surface area contributed by atoms with E-state index in [1.807, 2.05) is 24.3 Å². The van der Waals surface area contributed by atoms with Gasteiger partial charge in [-0.15, -0.1) is 11.3 Å². The van der Waals surface area contributed by atoms with Gasteiger partial charge in [-0.05, 0) is 17.7 Å². The maximum absolute atomic E-state index is 6.43. The van der Waals surface area contributed by atoms with E-state index in [4.69, 9.17) is 20.2 Å². The van der Waals surface area contributed by atoms with Crippen molar-refractivity contribution in [3.8, 4) is 22.1 Å². The first-order chi connectivity index (χ1) is 13.7. The first kappa shape index (κ1) is 18.9. The first-order valence-electron chi connectivity index (χ1n) is 9.38. The fourth-order valence-corrected chi connectivity index (χ4v) is 4.72. The van der Waals surface area contributed by atoms with Gasteiger partial charge < -0.3 is 15.2 Å². The van der Waals surface area contributed by atoms with Crippen molar-refractivity contribution >= 4 is 11.3 Å². The number of hydrogen-bond donors (Lipinski definition) is 1. The zero-order valence-corrected chi connectivity index (χ0v) is 17.0. The van der Waals surface area contributed by atoms with Crippen LogP contribution in [0.3, 0.4) is 0 Å². The zero-order chi connectivity index (χ0) is 19.5. The Morgan fingerprint density at radius 2 is 1.89 bits per heavy atom. The zero-order valence-electron chi connectivity index (χ0n) is 16.2. The number of hydrogen-bond acceptors (Lipinski definition) is 6. The molecule has 28 heavy (non-hydrogen) atoms. The van der Waals surface area contributed by atoms with Gasteiger partial charge in [0.25, 0.3) is 0 Å². The lowest BCUT2D eigenvalue weighted by molar-refractivity contribution is 0.320. The number of benzene rings is 2. The number of rotatable bonds is 6. The van der Waals surface area contributed by atoms with Crippen molar-refractivity contribution in [1.82, 2.24) is 9.88 Å². The van der Waals surface area contributed by atoms with Gasteiger partial charge in [-0.25, -0.2) is 4.98 Å². The smallest absolute Gasteiger partial charge is 0.170 e. The summed E-state index contributed by atoms with van der Waals surface area (Å²) in [6, 6.07) is 16.6. The second kappa shape index (κ2) is 8.31. The summed E-state index contributed by atoms with van der Waals surface area (Å²) >= 11 is 1.63. The van der Waals surface area contributed by atoms with Crippen LogP contribution in [0.25, 0.3) is 10.6 Å². The van der Waals surface area contributed by atoms with Gasteiger partial charge in [0.05, 0.1) is 25.5 Å². The van der Waals surface area contributed by atoms with Gasteiger partial charge >= 0.3 is 0 Å². The highest BCUT2D eigenvalue weighted by molar-refractivity contribution is 7.13. The first-order valence-corrected chi connectivity index (χ1v) is 10.3. The van der Waals surface area contributed by atoms with E-state index in [1.165, 1.54) is 5.56 Å². The van der Waals surface area contributed by atoms with Crippen LogP contribution in [-0.4, -0.2) is 43.2 Å². The van der Waals surface area contributed by atoms with E-state index in [0.717, 1.165) is 41.6 Å². The Bertz CT molecular complexity index is 929. The summed E-state index contributed by atoms with van der Waals surface area (Å²) in [6.45, 7) is 2.65. The third-order valence-corrected chi connectivity index (χ3v) is 6.16. The van der Waals surface area contributed by atoms with Gasteiger partial charge in [0, 0.05) is 37.0 Å². The Morgan fingerprint density at radius 1 is 1.07 bits per heavy atom. The predicted octanol–water partition coefficient (Wildman–Crippen LogP) is 3.75. The van der Waals surface area contributed by atoms with E-state index in [9.17, 15) is 0 Å². The molecule has 0 bridgehead atoms. The van der Waals surface area contributed by atoms with Crippen LogP contribution in [0.1, 0.15) is 17.2 Å². The average Bonchev–Trinajstić information content (AvgIpc) is 3.34.